The maximum absolute atomic E-state index is 12.1. The van der Waals surface area contributed by atoms with Crippen LogP contribution in [-0.4, -0.2) is 30.1 Å². The molecule has 1 aromatic carbocycles. The first-order chi connectivity index (χ1) is 11.4. The zero-order valence-corrected chi connectivity index (χ0v) is 14.0. The fourth-order valence-electron chi connectivity index (χ4n) is 2.18. The van der Waals surface area contributed by atoms with Crippen LogP contribution in [0.2, 0.25) is 5.02 Å². The Labute approximate surface area is 144 Å². The number of esters is 1. The Balaban J connectivity index is 1.97. The van der Waals surface area contributed by atoms with Crippen LogP contribution in [0.25, 0.3) is 0 Å². The van der Waals surface area contributed by atoms with E-state index in [2.05, 4.69) is 10.6 Å². The van der Waals surface area contributed by atoms with Crippen LogP contribution in [0.4, 0.5) is 4.79 Å². The van der Waals surface area contributed by atoms with Crippen LogP contribution in [0.1, 0.15) is 37.8 Å². The van der Waals surface area contributed by atoms with Crippen LogP contribution < -0.4 is 16.4 Å². The lowest BCUT2D eigenvalue weighted by molar-refractivity contribution is -0.155. The molecule has 0 unspecified atom stereocenters. The fourth-order valence-corrected chi connectivity index (χ4v) is 2.45. The van der Waals surface area contributed by atoms with E-state index in [0.717, 1.165) is 12.8 Å². The molecule has 4 N–H and O–H groups in total. The van der Waals surface area contributed by atoms with Gasteiger partial charge in [0.1, 0.15) is 0 Å². The number of carbonyl (C=O) groups excluding carboxylic acids is 3. The molecule has 0 saturated heterocycles. The molecular weight excluding hydrogens is 334 g/mol. The Morgan fingerprint density at radius 2 is 2.00 bits per heavy atom. The van der Waals surface area contributed by atoms with Gasteiger partial charge in [-0.2, -0.15) is 0 Å². The number of hydrogen-bond acceptors (Lipinski definition) is 4. The van der Waals surface area contributed by atoms with Crippen molar-refractivity contribution in [1.29, 1.82) is 0 Å². The number of nitrogens with one attached hydrogen (secondary N) is 2. The number of halogens is 1. The van der Waals surface area contributed by atoms with E-state index >= 15 is 0 Å². The maximum atomic E-state index is 12.1. The molecular formula is C16H20ClN3O4. The second-order valence-corrected chi connectivity index (χ2v) is 6.11. The second kappa shape index (κ2) is 8.01. The van der Waals surface area contributed by atoms with Gasteiger partial charge in [-0.15, -0.1) is 0 Å². The largest absolute Gasteiger partial charge is 0.452 e. The molecule has 2 rings (SSSR count). The van der Waals surface area contributed by atoms with Gasteiger partial charge >= 0.3 is 12.0 Å². The predicted octanol–water partition coefficient (Wildman–Crippen LogP) is 1.65. The molecule has 1 saturated carbocycles. The van der Waals surface area contributed by atoms with Gasteiger partial charge in [0.05, 0.1) is 12.5 Å². The number of carbonyl (C=O) groups is 3. The Morgan fingerprint density at radius 3 is 2.58 bits per heavy atom. The molecule has 1 aromatic rings. The first kappa shape index (κ1) is 18.1. The van der Waals surface area contributed by atoms with Crippen molar-refractivity contribution in [2.75, 3.05) is 0 Å². The number of nitrogens with two attached hydrogens (primary N) is 1. The SMILES string of the molecule is C[C@@H](OC(=O)C[C@@H](NC(N)=O)c1ccccc1Cl)C(=O)NC1CC1. The van der Waals surface area contributed by atoms with Gasteiger partial charge in [-0.3, -0.25) is 9.59 Å². The molecule has 130 valence electrons. The van der Waals surface area contributed by atoms with E-state index in [1.165, 1.54) is 6.92 Å². The van der Waals surface area contributed by atoms with Crippen LogP contribution in [0.15, 0.2) is 24.3 Å². The predicted molar refractivity (Wildman–Crippen MR) is 88.2 cm³/mol. The van der Waals surface area contributed by atoms with Crippen molar-refractivity contribution >= 4 is 29.5 Å². The smallest absolute Gasteiger partial charge is 0.312 e. The quantitative estimate of drug-likeness (QED) is 0.647. The standard InChI is InChI=1S/C16H20ClN3O4/c1-9(15(22)19-10-6-7-10)24-14(21)8-13(20-16(18)23)11-4-2-3-5-12(11)17/h2-5,9-10,13H,6-8H2,1H3,(H,19,22)(H3,18,20,23)/t9-,13-/m1/s1. The molecule has 0 bridgehead atoms. The van der Waals surface area contributed by atoms with E-state index in [-0.39, 0.29) is 18.4 Å². The van der Waals surface area contributed by atoms with Crippen molar-refractivity contribution < 1.29 is 19.1 Å². The van der Waals surface area contributed by atoms with Gasteiger partial charge < -0.3 is 21.1 Å². The number of urea groups is 1. The van der Waals surface area contributed by atoms with Gasteiger partial charge in [0.2, 0.25) is 0 Å². The summed E-state index contributed by atoms with van der Waals surface area (Å²) in [6.45, 7) is 1.50. The molecule has 0 heterocycles. The maximum Gasteiger partial charge on any atom is 0.312 e. The molecule has 1 aliphatic carbocycles. The molecule has 7 nitrogen and oxygen atoms in total. The lowest BCUT2D eigenvalue weighted by Crippen LogP contribution is -2.38. The summed E-state index contributed by atoms with van der Waals surface area (Å²) in [5.74, 6) is -0.963. The van der Waals surface area contributed by atoms with E-state index in [1.807, 2.05) is 0 Å². The summed E-state index contributed by atoms with van der Waals surface area (Å²) in [4.78, 5) is 35.1. The fraction of sp³-hybridized carbons (Fsp3) is 0.438. The van der Waals surface area contributed by atoms with Gasteiger partial charge in [-0.1, -0.05) is 29.8 Å². The summed E-state index contributed by atoms with van der Waals surface area (Å²) in [7, 11) is 0. The minimum absolute atomic E-state index is 0.186. The van der Waals surface area contributed by atoms with Gasteiger partial charge in [0.15, 0.2) is 6.10 Å². The first-order valence-corrected chi connectivity index (χ1v) is 8.05. The summed E-state index contributed by atoms with van der Waals surface area (Å²) in [5, 5.41) is 5.62. The highest BCUT2D eigenvalue weighted by Gasteiger charge is 2.28. The average molecular weight is 354 g/mol. The summed E-state index contributed by atoms with van der Waals surface area (Å²) in [5.41, 5.74) is 5.70. The summed E-state index contributed by atoms with van der Waals surface area (Å²) in [6.07, 6.45) is 0.805. The number of hydrogen-bond donors (Lipinski definition) is 3. The monoisotopic (exact) mass is 353 g/mol. The molecule has 0 spiro atoms. The third-order valence-corrected chi connectivity index (χ3v) is 3.91. The molecule has 24 heavy (non-hydrogen) atoms. The minimum Gasteiger partial charge on any atom is -0.452 e. The van der Waals surface area contributed by atoms with Crippen molar-refractivity contribution in [3.05, 3.63) is 34.9 Å². The number of primary amides is 1. The van der Waals surface area contributed by atoms with E-state index in [1.54, 1.807) is 24.3 Å². The van der Waals surface area contributed by atoms with E-state index in [9.17, 15) is 14.4 Å². The van der Waals surface area contributed by atoms with Gasteiger partial charge in [0, 0.05) is 11.1 Å². The van der Waals surface area contributed by atoms with Crippen molar-refractivity contribution in [2.45, 2.75) is 44.4 Å². The normalized spacial score (nSPS) is 15.9. The van der Waals surface area contributed by atoms with Crippen molar-refractivity contribution in [3.63, 3.8) is 0 Å². The summed E-state index contributed by atoms with van der Waals surface area (Å²) >= 11 is 6.10. The number of rotatable bonds is 7. The summed E-state index contributed by atoms with van der Waals surface area (Å²) < 4.78 is 5.13. The lowest BCUT2D eigenvalue weighted by Gasteiger charge is -2.20. The lowest BCUT2D eigenvalue weighted by atomic mass is 10.0. The summed E-state index contributed by atoms with van der Waals surface area (Å²) in [6, 6.07) is 5.45. The molecule has 2 atom stereocenters. The second-order valence-electron chi connectivity index (χ2n) is 5.70. The van der Waals surface area contributed by atoms with Crippen LogP contribution in [0.3, 0.4) is 0 Å². The van der Waals surface area contributed by atoms with Crippen LogP contribution in [0, 0.1) is 0 Å². The molecule has 1 fully saturated rings. The van der Waals surface area contributed by atoms with Gasteiger partial charge in [-0.25, -0.2) is 4.79 Å². The molecule has 0 radical (unpaired) electrons. The number of ether oxygens (including phenoxy) is 1. The van der Waals surface area contributed by atoms with Crippen molar-refractivity contribution in [1.82, 2.24) is 10.6 Å². The van der Waals surface area contributed by atoms with Crippen molar-refractivity contribution in [3.8, 4) is 0 Å². The van der Waals surface area contributed by atoms with Gasteiger partial charge in [0.25, 0.3) is 5.91 Å². The average Bonchev–Trinajstić information content (AvgIpc) is 3.30. The third kappa shape index (κ3) is 5.42. The van der Waals surface area contributed by atoms with Crippen LogP contribution in [0.5, 0.6) is 0 Å². The molecule has 1 aliphatic rings. The molecule has 0 aromatic heterocycles. The van der Waals surface area contributed by atoms with E-state index in [0.29, 0.717) is 10.6 Å². The highest BCUT2D eigenvalue weighted by molar-refractivity contribution is 6.31. The Kier molecular flexibility index (Phi) is 6.03. The number of amides is 3. The van der Waals surface area contributed by atoms with Crippen LogP contribution >= 0.6 is 11.6 Å². The minimum atomic E-state index is -0.904. The third-order valence-electron chi connectivity index (χ3n) is 3.57. The molecule has 0 aliphatic heterocycles. The molecule has 8 heteroatoms. The van der Waals surface area contributed by atoms with E-state index in [4.69, 9.17) is 22.1 Å². The molecule has 3 amide bonds. The first-order valence-electron chi connectivity index (χ1n) is 7.67. The Bertz CT molecular complexity index is 634. The topological polar surface area (TPSA) is 111 Å². The Hall–Kier alpha value is -2.28. The zero-order valence-electron chi connectivity index (χ0n) is 13.3. The van der Waals surface area contributed by atoms with Crippen molar-refractivity contribution in [2.24, 2.45) is 5.73 Å². The Morgan fingerprint density at radius 1 is 1.33 bits per heavy atom. The zero-order chi connectivity index (χ0) is 17.7. The van der Waals surface area contributed by atoms with Crippen LogP contribution in [-0.2, 0) is 14.3 Å². The number of benzene rings is 1. The van der Waals surface area contributed by atoms with E-state index < -0.39 is 24.1 Å². The van der Waals surface area contributed by atoms with Gasteiger partial charge in [-0.05, 0) is 31.4 Å². The highest BCUT2D eigenvalue weighted by atomic mass is 35.5. The highest BCUT2D eigenvalue weighted by Crippen LogP contribution is 2.25.